The number of hydrogen-bond acceptors (Lipinski definition) is 3. The largest absolute Gasteiger partial charge is 0.464 e. The van der Waals surface area contributed by atoms with Gasteiger partial charge in [0.15, 0.2) is 0 Å². The van der Waals surface area contributed by atoms with Crippen LogP contribution in [0.3, 0.4) is 0 Å². The van der Waals surface area contributed by atoms with Crippen LogP contribution in [-0.2, 0) is 4.74 Å². The molecular formula is C9H7BrN2O2. The molecular weight excluding hydrogens is 248 g/mol. The van der Waals surface area contributed by atoms with E-state index in [4.69, 9.17) is 0 Å². The van der Waals surface area contributed by atoms with Crippen LogP contribution in [0.4, 0.5) is 0 Å². The first-order chi connectivity index (χ1) is 6.70. The van der Waals surface area contributed by atoms with Gasteiger partial charge < -0.3 is 9.72 Å². The smallest absolute Gasteiger partial charge is 0.354 e. The van der Waals surface area contributed by atoms with E-state index in [1.54, 1.807) is 12.3 Å². The fourth-order valence-electron chi connectivity index (χ4n) is 1.22. The summed E-state index contributed by atoms with van der Waals surface area (Å²) < 4.78 is 5.33. The molecule has 0 saturated heterocycles. The summed E-state index contributed by atoms with van der Waals surface area (Å²) in [4.78, 5) is 18.1. The molecule has 0 saturated carbocycles. The van der Waals surface area contributed by atoms with Crippen molar-refractivity contribution in [1.82, 2.24) is 9.97 Å². The number of nitrogens with zero attached hydrogens (tertiary/aromatic N) is 1. The highest BCUT2D eigenvalue weighted by Gasteiger charge is 2.09. The molecule has 0 aliphatic carbocycles. The van der Waals surface area contributed by atoms with Crippen LogP contribution in [0.2, 0.25) is 0 Å². The minimum Gasteiger partial charge on any atom is -0.464 e. The fraction of sp³-hybridized carbons (Fsp3) is 0.111. The van der Waals surface area contributed by atoms with Gasteiger partial charge in [-0.15, -0.1) is 0 Å². The first kappa shape index (κ1) is 9.21. The number of pyridine rings is 1. The summed E-state index contributed by atoms with van der Waals surface area (Å²) in [5.41, 5.74) is 1.25. The van der Waals surface area contributed by atoms with E-state index in [2.05, 4.69) is 30.6 Å². The van der Waals surface area contributed by atoms with Crippen molar-refractivity contribution in [2.45, 2.75) is 0 Å². The van der Waals surface area contributed by atoms with Crippen LogP contribution in [0.15, 0.2) is 22.9 Å². The van der Waals surface area contributed by atoms with Gasteiger partial charge in [-0.3, -0.25) is 0 Å². The number of aromatic amines is 1. The molecule has 0 bridgehead atoms. The van der Waals surface area contributed by atoms with Crippen molar-refractivity contribution in [1.29, 1.82) is 0 Å². The van der Waals surface area contributed by atoms with Gasteiger partial charge in [0.1, 0.15) is 10.3 Å². The van der Waals surface area contributed by atoms with E-state index in [1.165, 1.54) is 7.11 Å². The number of halogens is 1. The normalized spacial score (nSPS) is 10.4. The summed E-state index contributed by atoms with van der Waals surface area (Å²) in [7, 11) is 1.35. The Hall–Kier alpha value is -1.36. The molecule has 0 fully saturated rings. The molecule has 72 valence electrons. The molecule has 0 aromatic carbocycles. The number of carbonyl (C=O) groups is 1. The highest BCUT2D eigenvalue weighted by Crippen LogP contribution is 2.18. The summed E-state index contributed by atoms with van der Waals surface area (Å²) in [6, 6.07) is 3.56. The standard InChI is InChI=1S/C9H7BrN2O2/c1-14-9(13)6-2-5-3-8(10)11-4-7(5)12-6/h2-4,12H,1H3. The maximum Gasteiger partial charge on any atom is 0.354 e. The predicted octanol–water partition coefficient (Wildman–Crippen LogP) is 2.11. The fourth-order valence-corrected chi connectivity index (χ4v) is 1.57. The van der Waals surface area contributed by atoms with E-state index >= 15 is 0 Å². The van der Waals surface area contributed by atoms with Crippen LogP contribution in [0, 0.1) is 0 Å². The van der Waals surface area contributed by atoms with Crippen molar-refractivity contribution in [3.8, 4) is 0 Å². The van der Waals surface area contributed by atoms with E-state index in [-0.39, 0.29) is 5.97 Å². The Morgan fingerprint density at radius 3 is 3.07 bits per heavy atom. The molecule has 0 aliphatic heterocycles. The molecule has 2 aromatic rings. The molecule has 0 amide bonds. The molecule has 5 heteroatoms. The molecule has 0 radical (unpaired) electrons. The number of carbonyl (C=O) groups excluding carboxylic acids is 1. The number of esters is 1. The number of H-pyrrole nitrogens is 1. The van der Waals surface area contributed by atoms with Crippen molar-refractivity contribution in [2.75, 3.05) is 7.11 Å². The lowest BCUT2D eigenvalue weighted by molar-refractivity contribution is 0.0595. The van der Waals surface area contributed by atoms with Gasteiger partial charge in [-0.05, 0) is 28.1 Å². The quantitative estimate of drug-likeness (QED) is 0.627. The molecule has 0 atom stereocenters. The molecule has 4 nitrogen and oxygen atoms in total. The Kier molecular flexibility index (Phi) is 2.25. The number of methoxy groups -OCH3 is 1. The molecule has 2 rings (SSSR count). The lowest BCUT2D eigenvalue weighted by atomic mass is 10.3. The van der Waals surface area contributed by atoms with Gasteiger partial charge in [0.25, 0.3) is 0 Å². The summed E-state index contributed by atoms with van der Waals surface area (Å²) in [5, 5.41) is 0.923. The summed E-state index contributed by atoms with van der Waals surface area (Å²) >= 11 is 3.25. The minimum atomic E-state index is -0.377. The van der Waals surface area contributed by atoms with E-state index < -0.39 is 0 Å². The zero-order valence-corrected chi connectivity index (χ0v) is 8.96. The maximum absolute atomic E-state index is 11.2. The number of aromatic nitrogens is 2. The summed E-state index contributed by atoms with van der Waals surface area (Å²) in [6.45, 7) is 0. The van der Waals surface area contributed by atoms with Crippen molar-refractivity contribution in [3.05, 3.63) is 28.6 Å². The third kappa shape index (κ3) is 1.50. The Balaban J connectivity index is 2.56. The SMILES string of the molecule is COC(=O)c1cc2cc(Br)ncc2[nH]1. The van der Waals surface area contributed by atoms with Gasteiger partial charge in [0.2, 0.25) is 0 Å². The highest BCUT2D eigenvalue weighted by atomic mass is 79.9. The molecule has 14 heavy (non-hydrogen) atoms. The lowest BCUT2D eigenvalue weighted by Crippen LogP contribution is -2.00. The number of nitrogens with one attached hydrogen (secondary N) is 1. The monoisotopic (exact) mass is 254 g/mol. The van der Waals surface area contributed by atoms with Crippen LogP contribution in [0.1, 0.15) is 10.5 Å². The summed E-state index contributed by atoms with van der Waals surface area (Å²) in [6.07, 6.45) is 1.66. The molecule has 0 unspecified atom stereocenters. The second-order valence-electron chi connectivity index (χ2n) is 2.77. The van der Waals surface area contributed by atoms with E-state index in [0.717, 1.165) is 15.5 Å². The molecule has 2 heterocycles. The van der Waals surface area contributed by atoms with E-state index in [1.807, 2.05) is 6.07 Å². The Bertz CT molecular complexity index is 493. The van der Waals surface area contributed by atoms with Crippen LogP contribution < -0.4 is 0 Å². The molecule has 1 N–H and O–H groups in total. The Morgan fingerprint density at radius 1 is 1.57 bits per heavy atom. The van der Waals surface area contributed by atoms with Crippen molar-refractivity contribution in [3.63, 3.8) is 0 Å². The van der Waals surface area contributed by atoms with Crippen molar-refractivity contribution < 1.29 is 9.53 Å². The van der Waals surface area contributed by atoms with Gasteiger partial charge in [-0.2, -0.15) is 0 Å². The second kappa shape index (κ2) is 3.42. The van der Waals surface area contributed by atoms with Gasteiger partial charge in [0, 0.05) is 5.39 Å². The van der Waals surface area contributed by atoms with Gasteiger partial charge in [-0.1, -0.05) is 0 Å². The number of fused-ring (bicyclic) bond motifs is 1. The van der Waals surface area contributed by atoms with Crippen LogP contribution in [0.25, 0.3) is 10.9 Å². The Labute approximate surface area is 88.4 Å². The number of rotatable bonds is 1. The van der Waals surface area contributed by atoms with Crippen LogP contribution in [-0.4, -0.2) is 23.0 Å². The number of ether oxygens (including phenoxy) is 1. The molecule has 0 aliphatic rings. The molecule has 2 aromatic heterocycles. The summed E-state index contributed by atoms with van der Waals surface area (Å²) in [5.74, 6) is -0.377. The third-order valence-electron chi connectivity index (χ3n) is 1.88. The average molecular weight is 255 g/mol. The minimum absolute atomic E-state index is 0.377. The zero-order valence-electron chi connectivity index (χ0n) is 7.37. The van der Waals surface area contributed by atoms with Crippen molar-refractivity contribution in [2.24, 2.45) is 0 Å². The lowest BCUT2D eigenvalue weighted by Gasteiger charge is -1.91. The number of hydrogen-bond donors (Lipinski definition) is 1. The second-order valence-corrected chi connectivity index (χ2v) is 3.58. The average Bonchev–Trinajstić information content (AvgIpc) is 2.59. The zero-order chi connectivity index (χ0) is 10.1. The Morgan fingerprint density at radius 2 is 2.36 bits per heavy atom. The van der Waals surface area contributed by atoms with Crippen molar-refractivity contribution >= 4 is 32.8 Å². The topological polar surface area (TPSA) is 55.0 Å². The maximum atomic E-state index is 11.2. The predicted molar refractivity (Wildman–Crippen MR) is 55.1 cm³/mol. The van der Waals surface area contributed by atoms with Gasteiger partial charge in [-0.25, -0.2) is 9.78 Å². The van der Waals surface area contributed by atoms with E-state index in [0.29, 0.717) is 5.69 Å². The van der Waals surface area contributed by atoms with Crippen LogP contribution >= 0.6 is 15.9 Å². The van der Waals surface area contributed by atoms with E-state index in [9.17, 15) is 4.79 Å². The highest BCUT2D eigenvalue weighted by molar-refractivity contribution is 9.10. The first-order valence-electron chi connectivity index (χ1n) is 3.93. The van der Waals surface area contributed by atoms with Gasteiger partial charge >= 0.3 is 5.97 Å². The third-order valence-corrected chi connectivity index (χ3v) is 2.31. The first-order valence-corrected chi connectivity index (χ1v) is 4.72. The van der Waals surface area contributed by atoms with Crippen LogP contribution in [0.5, 0.6) is 0 Å². The molecule has 0 spiro atoms. The van der Waals surface area contributed by atoms with Gasteiger partial charge in [0.05, 0.1) is 18.8 Å².